The van der Waals surface area contributed by atoms with Crippen molar-refractivity contribution in [2.45, 2.75) is 90.4 Å². The molecule has 0 saturated heterocycles. The highest BCUT2D eigenvalue weighted by Gasteiger charge is 1.93. The highest BCUT2D eigenvalue weighted by Crippen LogP contribution is 2.13. The summed E-state index contributed by atoms with van der Waals surface area (Å²) in [6.45, 7) is 6.16. The quantitative estimate of drug-likeness (QED) is 0.301. The summed E-state index contributed by atoms with van der Waals surface area (Å²) in [5.74, 6) is 2.79. The first-order valence-corrected chi connectivity index (χ1v) is 9.44. The van der Waals surface area contributed by atoms with Crippen LogP contribution in [0, 0.1) is 6.92 Å². The Labute approximate surface area is 121 Å². The second-order valence-corrected chi connectivity index (χ2v) is 6.58. The Kier molecular flexibility index (Phi) is 17.7. The van der Waals surface area contributed by atoms with Gasteiger partial charge in [0.1, 0.15) is 0 Å². The van der Waals surface area contributed by atoms with E-state index < -0.39 is 0 Å². The molecule has 0 amide bonds. The molecule has 0 spiro atoms. The summed E-state index contributed by atoms with van der Waals surface area (Å²) in [5, 5.41) is 0. The fourth-order valence-corrected chi connectivity index (χ4v) is 3.20. The zero-order chi connectivity index (χ0) is 13.3. The predicted octanol–water partition coefficient (Wildman–Crippen LogP) is 6.64. The van der Waals surface area contributed by atoms with Crippen LogP contribution < -0.4 is 0 Å². The van der Waals surface area contributed by atoms with Crippen molar-refractivity contribution in [1.29, 1.82) is 0 Å². The molecule has 109 valence electrons. The maximum atomic E-state index is 3.88. The lowest BCUT2D eigenvalue weighted by Crippen LogP contribution is -1.86. The van der Waals surface area contributed by atoms with E-state index in [0.717, 1.165) is 6.42 Å². The van der Waals surface area contributed by atoms with Gasteiger partial charge in [0.25, 0.3) is 0 Å². The van der Waals surface area contributed by atoms with Crippen molar-refractivity contribution in [1.82, 2.24) is 0 Å². The van der Waals surface area contributed by atoms with E-state index in [0.29, 0.717) is 0 Å². The van der Waals surface area contributed by atoms with E-state index in [9.17, 15) is 0 Å². The molecular formula is C17H35S. The van der Waals surface area contributed by atoms with E-state index in [1.165, 1.54) is 88.6 Å². The molecule has 0 aromatic rings. The largest absolute Gasteiger partial charge is 0.162 e. The molecule has 18 heavy (non-hydrogen) atoms. The van der Waals surface area contributed by atoms with E-state index in [-0.39, 0.29) is 0 Å². The van der Waals surface area contributed by atoms with Gasteiger partial charge in [-0.05, 0) is 24.3 Å². The Morgan fingerprint density at radius 2 is 1.06 bits per heavy atom. The summed E-state index contributed by atoms with van der Waals surface area (Å²) in [7, 11) is 0. The minimum atomic E-state index is 1.12. The molecule has 0 N–H and O–H groups in total. The van der Waals surface area contributed by atoms with Crippen molar-refractivity contribution in [3.63, 3.8) is 0 Å². The summed E-state index contributed by atoms with van der Waals surface area (Å²) in [6.07, 6.45) is 18.2. The summed E-state index contributed by atoms with van der Waals surface area (Å²) in [6, 6.07) is 0. The smallest absolute Gasteiger partial charge is 0.00675 e. The first kappa shape index (κ1) is 18.4. The van der Waals surface area contributed by atoms with E-state index in [2.05, 4.69) is 25.6 Å². The molecule has 0 heterocycles. The van der Waals surface area contributed by atoms with Crippen LogP contribution in [0.15, 0.2) is 0 Å². The number of thioether (sulfide) groups is 1. The van der Waals surface area contributed by atoms with Gasteiger partial charge in [-0.25, -0.2) is 0 Å². The van der Waals surface area contributed by atoms with Crippen LogP contribution in [0.4, 0.5) is 0 Å². The van der Waals surface area contributed by atoms with Crippen LogP contribution in [-0.2, 0) is 0 Å². The first-order valence-electron chi connectivity index (χ1n) is 8.28. The zero-order valence-electron chi connectivity index (χ0n) is 12.7. The number of hydrogen-bond donors (Lipinski definition) is 0. The van der Waals surface area contributed by atoms with E-state index in [4.69, 9.17) is 0 Å². The van der Waals surface area contributed by atoms with Gasteiger partial charge in [-0.3, -0.25) is 0 Å². The molecule has 1 heteroatoms. The third kappa shape index (κ3) is 16.4. The molecule has 0 saturated carbocycles. The van der Waals surface area contributed by atoms with Gasteiger partial charge in [0.2, 0.25) is 0 Å². The minimum Gasteiger partial charge on any atom is -0.162 e. The molecular weight excluding hydrogens is 236 g/mol. The summed E-state index contributed by atoms with van der Waals surface area (Å²) < 4.78 is 0. The van der Waals surface area contributed by atoms with Gasteiger partial charge in [0.15, 0.2) is 0 Å². The van der Waals surface area contributed by atoms with Crippen molar-refractivity contribution in [3.8, 4) is 0 Å². The van der Waals surface area contributed by atoms with Crippen molar-refractivity contribution in [2.75, 3.05) is 11.5 Å². The predicted molar refractivity (Wildman–Crippen MR) is 88.4 cm³/mol. The summed E-state index contributed by atoms with van der Waals surface area (Å²) in [5.41, 5.74) is 0. The van der Waals surface area contributed by atoms with Gasteiger partial charge in [-0.1, -0.05) is 84.5 Å². The van der Waals surface area contributed by atoms with E-state index >= 15 is 0 Å². The van der Waals surface area contributed by atoms with Crippen molar-refractivity contribution in [3.05, 3.63) is 6.92 Å². The van der Waals surface area contributed by atoms with Crippen LogP contribution in [0.25, 0.3) is 0 Å². The fourth-order valence-electron chi connectivity index (χ4n) is 2.17. The molecule has 0 nitrogen and oxygen atoms in total. The van der Waals surface area contributed by atoms with Gasteiger partial charge < -0.3 is 0 Å². The molecule has 0 rings (SSSR count). The summed E-state index contributed by atoms with van der Waals surface area (Å²) >= 11 is 2.16. The molecule has 0 aliphatic heterocycles. The maximum absolute atomic E-state index is 3.88. The van der Waals surface area contributed by atoms with Gasteiger partial charge in [0.05, 0.1) is 0 Å². The molecule has 0 aromatic heterocycles. The molecule has 0 aromatic carbocycles. The van der Waals surface area contributed by atoms with Crippen LogP contribution >= 0.6 is 11.8 Å². The molecule has 1 radical (unpaired) electrons. The molecule has 0 bridgehead atoms. The highest BCUT2D eigenvalue weighted by molar-refractivity contribution is 7.99. The Morgan fingerprint density at radius 1 is 0.611 bits per heavy atom. The number of hydrogen-bond acceptors (Lipinski definition) is 1. The Bertz CT molecular complexity index is 118. The van der Waals surface area contributed by atoms with Gasteiger partial charge in [-0.2, -0.15) is 11.8 Å². The van der Waals surface area contributed by atoms with Crippen LogP contribution in [0.1, 0.15) is 90.4 Å². The van der Waals surface area contributed by atoms with E-state index in [1.54, 1.807) is 0 Å². The third-order valence-corrected chi connectivity index (χ3v) is 4.59. The van der Waals surface area contributed by atoms with Crippen molar-refractivity contribution >= 4 is 11.8 Å². The SMILES string of the molecule is [CH2]CCCCCCCCCCCSCCCCC. The van der Waals surface area contributed by atoms with Crippen LogP contribution in [0.2, 0.25) is 0 Å². The lowest BCUT2D eigenvalue weighted by molar-refractivity contribution is 0.567. The van der Waals surface area contributed by atoms with Gasteiger partial charge in [-0.15, -0.1) is 0 Å². The normalized spacial score (nSPS) is 11.0. The third-order valence-electron chi connectivity index (χ3n) is 3.43. The average molecular weight is 272 g/mol. The van der Waals surface area contributed by atoms with Crippen LogP contribution in [0.3, 0.4) is 0 Å². The van der Waals surface area contributed by atoms with Gasteiger partial charge in [0, 0.05) is 0 Å². The Morgan fingerprint density at radius 3 is 1.56 bits per heavy atom. The average Bonchev–Trinajstić information content (AvgIpc) is 2.39. The molecule has 0 aliphatic rings. The second kappa shape index (κ2) is 17.4. The lowest BCUT2D eigenvalue weighted by Gasteiger charge is -2.03. The maximum Gasteiger partial charge on any atom is -0.00675 e. The number of unbranched alkanes of at least 4 members (excludes halogenated alkanes) is 11. The fraction of sp³-hybridized carbons (Fsp3) is 0.941. The van der Waals surface area contributed by atoms with Crippen LogP contribution in [0.5, 0.6) is 0 Å². The first-order chi connectivity index (χ1) is 8.91. The topological polar surface area (TPSA) is 0 Å². The molecule has 0 fully saturated rings. The Hall–Kier alpha value is 0.350. The second-order valence-electron chi connectivity index (χ2n) is 5.36. The molecule has 0 unspecified atom stereocenters. The van der Waals surface area contributed by atoms with Crippen molar-refractivity contribution < 1.29 is 0 Å². The minimum absolute atomic E-state index is 1.12. The van der Waals surface area contributed by atoms with Gasteiger partial charge >= 0.3 is 0 Å². The summed E-state index contributed by atoms with van der Waals surface area (Å²) in [4.78, 5) is 0. The van der Waals surface area contributed by atoms with E-state index in [1.807, 2.05) is 0 Å². The Balaban J connectivity index is 2.86. The highest BCUT2D eigenvalue weighted by atomic mass is 32.2. The standard InChI is InChI=1S/C17H35S/c1-3-5-7-8-9-10-11-12-13-15-17-18-16-14-6-4-2/h1,3-17H2,2H3. The number of rotatable bonds is 15. The lowest BCUT2D eigenvalue weighted by atomic mass is 10.1. The van der Waals surface area contributed by atoms with Crippen LogP contribution in [-0.4, -0.2) is 11.5 Å². The van der Waals surface area contributed by atoms with Crippen molar-refractivity contribution in [2.24, 2.45) is 0 Å². The molecule has 0 aliphatic carbocycles. The monoisotopic (exact) mass is 271 g/mol. The zero-order valence-corrected chi connectivity index (χ0v) is 13.5. The molecule has 0 atom stereocenters.